The molecule has 4 aromatic rings. The summed E-state index contributed by atoms with van der Waals surface area (Å²) >= 11 is 0. The molecule has 0 spiro atoms. The highest BCUT2D eigenvalue weighted by Gasteiger charge is 2.27. The Morgan fingerprint density at radius 2 is 1.84 bits per heavy atom. The SMILES string of the molecule is Cc1cc(-c2ccn3c(-c4cccc(NC(=O)NCC(F)(F)F)c4)cnc3c2)ccn1. The smallest absolute Gasteiger partial charge is 0.329 e. The second-order valence-electron chi connectivity index (χ2n) is 6.98. The molecule has 0 saturated heterocycles. The summed E-state index contributed by atoms with van der Waals surface area (Å²) in [7, 11) is 0. The number of aromatic nitrogens is 3. The van der Waals surface area contributed by atoms with Gasteiger partial charge in [0.05, 0.1) is 11.9 Å². The zero-order valence-electron chi connectivity index (χ0n) is 16.4. The van der Waals surface area contributed by atoms with E-state index in [4.69, 9.17) is 0 Å². The molecule has 0 saturated carbocycles. The fraction of sp³-hybridized carbons (Fsp3) is 0.136. The standard InChI is InChI=1S/C22H18F3N5O/c1-14-9-15(5-7-26-14)16-6-8-30-19(12-27-20(30)11-16)17-3-2-4-18(10-17)29-21(31)28-13-22(23,24)25/h2-12H,13H2,1H3,(H2,28,29,31). The molecule has 1 aromatic carbocycles. The number of nitrogens with zero attached hydrogens (tertiary/aromatic N) is 3. The van der Waals surface area contributed by atoms with E-state index in [-0.39, 0.29) is 0 Å². The number of imidazole rings is 1. The fourth-order valence-corrected chi connectivity index (χ4v) is 3.21. The summed E-state index contributed by atoms with van der Waals surface area (Å²) in [6.45, 7) is 0.533. The van der Waals surface area contributed by atoms with E-state index >= 15 is 0 Å². The number of amides is 2. The number of urea groups is 1. The van der Waals surface area contributed by atoms with Gasteiger partial charge in [0.2, 0.25) is 0 Å². The first-order valence-corrected chi connectivity index (χ1v) is 9.41. The third kappa shape index (κ3) is 4.82. The average Bonchev–Trinajstić information content (AvgIpc) is 3.15. The maximum absolute atomic E-state index is 12.3. The van der Waals surface area contributed by atoms with Gasteiger partial charge in [0.1, 0.15) is 12.2 Å². The van der Waals surface area contributed by atoms with E-state index in [0.29, 0.717) is 5.69 Å². The van der Waals surface area contributed by atoms with Gasteiger partial charge in [0.25, 0.3) is 0 Å². The lowest BCUT2D eigenvalue weighted by atomic mass is 10.1. The molecule has 2 N–H and O–H groups in total. The fourth-order valence-electron chi connectivity index (χ4n) is 3.21. The molecule has 2 amide bonds. The van der Waals surface area contributed by atoms with Crippen molar-refractivity contribution in [3.8, 4) is 22.4 Å². The van der Waals surface area contributed by atoms with Gasteiger partial charge in [-0.05, 0) is 54.4 Å². The minimum Gasteiger partial charge on any atom is -0.329 e. The Morgan fingerprint density at radius 3 is 2.61 bits per heavy atom. The van der Waals surface area contributed by atoms with E-state index in [0.717, 1.165) is 33.7 Å². The van der Waals surface area contributed by atoms with E-state index < -0.39 is 18.8 Å². The molecule has 3 heterocycles. The Kier molecular flexibility index (Phi) is 5.33. The summed E-state index contributed by atoms with van der Waals surface area (Å²) in [5, 5.41) is 4.20. The Balaban J connectivity index is 1.58. The number of carbonyl (C=O) groups excluding carboxylic acids is 1. The number of benzene rings is 1. The molecular formula is C22H18F3N5O. The summed E-state index contributed by atoms with van der Waals surface area (Å²) in [6, 6.07) is 13.8. The average molecular weight is 425 g/mol. The number of rotatable bonds is 4. The van der Waals surface area contributed by atoms with Gasteiger partial charge in [-0.15, -0.1) is 0 Å². The number of hydrogen-bond donors (Lipinski definition) is 2. The van der Waals surface area contributed by atoms with Gasteiger partial charge >= 0.3 is 12.2 Å². The van der Waals surface area contributed by atoms with Crippen LogP contribution in [0.2, 0.25) is 0 Å². The van der Waals surface area contributed by atoms with Crippen molar-refractivity contribution in [2.24, 2.45) is 0 Å². The number of anilines is 1. The van der Waals surface area contributed by atoms with Crippen LogP contribution in [-0.4, -0.2) is 33.1 Å². The molecule has 158 valence electrons. The number of nitrogens with one attached hydrogen (secondary N) is 2. The van der Waals surface area contributed by atoms with Crippen LogP contribution in [0.25, 0.3) is 28.0 Å². The van der Waals surface area contributed by atoms with Crippen molar-refractivity contribution >= 4 is 17.4 Å². The number of hydrogen-bond acceptors (Lipinski definition) is 3. The third-order valence-corrected chi connectivity index (χ3v) is 4.61. The van der Waals surface area contributed by atoms with Crippen LogP contribution in [-0.2, 0) is 0 Å². The lowest BCUT2D eigenvalue weighted by Crippen LogP contribution is -2.36. The molecular weight excluding hydrogens is 407 g/mol. The van der Waals surface area contributed by atoms with Gasteiger partial charge in [0, 0.05) is 29.3 Å². The van der Waals surface area contributed by atoms with Gasteiger partial charge in [0.15, 0.2) is 0 Å². The summed E-state index contributed by atoms with van der Waals surface area (Å²) in [5.41, 5.74) is 5.62. The monoisotopic (exact) mass is 425 g/mol. The van der Waals surface area contributed by atoms with Crippen LogP contribution in [0.1, 0.15) is 5.69 Å². The van der Waals surface area contributed by atoms with E-state index in [1.165, 1.54) is 0 Å². The maximum Gasteiger partial charge on any atom is 0.405 e. The highest BCUT2D eigenvalue weighted by atomic mass is 19.4. The van der Waals surface area contributed by atoms with Gasteiger partial charge in [-0.25, -0.2) is 9.78 Å². The normalized spacial score (nSPS) is 11.5. The lowest BCUT2D eigenvalue weighted by Gasteiger charge is -2.11. The highest BCUT2D eigenvalue weighted by Crippen LogP contribution is 2.27. The first kappa shape index (κ1) is 20.4. The quantitative estimate of drug-likeness (QED) is 0.480. The van der Waals surface area contributed by atoms with Crippen LogP contribution in [0.4, 0.5) is 23.7 Å². The summed E-state index contributed by atoms with van der Waals surface area (Å²) in [5.74, 6) is 0. The van der Waals surface area contributed by atoms with Crippen LogP contribution in [0, 0.1) is 6.92 Å². The number of fused-ring (bicyclic) bond motifs is 1. The minimum absolute atomic E-state index is 0.371. The lowest BCUT2D eigenvalue weighted by molar-refractivity contribution is -0.122. The summed E-state index contributed by atoms with van der Waals surface area (Å²) in [4.78, 5) is 20.4. The number of pyridine rings is 2. The van der Waals surface area contributed by atoms with Crippen molar-refractivity contribution in [3.63, 3.8) is 0 Å². The predicted molar refractivity (Wildman–Crippen MR) is 112 cm³/mol. The Bertz CT molecular complexity index is 1250. The Hall–Kier alpha value is -3.88. The molecule has 0 unspecified atom stereocenters. The third-order valence-electron chi connectivity index (χ3n) is 4.61. The molecule has 4 rings (SSSR count). The van der Waals surface area contributed by atoms with Crippen LogP contribution in [0.5, 0.6) is 0 Å². The van der Waals surface area contributed by atoms with E-state index in [9.17, 15) is 18.0 Å². The number of aryl methyl sites for hydroxylation is 1. The van der Waals surface area contributed by atoms with Crippen molar-refractivity contribution in [2.75, 3.05) is 11.9 Å². The van der Waals surface area contributed by atoms with E-state index in [1.807, 2.05) is 47.9 Å². The van der Waals surface area contributed by atoms with Gasteiger partial charge in [-0.1, -0.05) is 12.1 Å². The Morgan fingerprint density at radius 1 is 1.03 bits per heavy atom. The van der Waals surface area contributed by atoms with Gasteiger partial charge in [-0.2, -0.15) is 13.2 Å². The van der Waals surface area contributed by atoms with Crippen LogP contribution >= 0.6 is 0 Å². The maximum atomic E-state index is 12.3. The zero-order valence-corrected chi connectivity index (χ0v) is 16.4. The van der Waals surface area contributed by atoms with Crippen LogP contribution < -0.4 is 10.6 Å². The topological polar surface area (TPSA) is 71.3 Å². The number of alkyl halides is 3. The predicted octanol–water partition coefficient (Wildman–Crippen LogP) is 5.06. The second kappa shape index (κ2) is 8.10. The molecule has 9 heteroatoms. The Labute approximate surface area is 175 Å². The van der Waals surface area contributed by atoms with E-state index in [1.54, 1.807) is 35.9 Å². The van der Waals surface area contributed by atoms with Crippen LogP contribution in [0.15, 0.2) is 67.1 Å². The van der Waals surface area contributed by atoms with Gasteiger partial charge < -0.3 is 10.6 Å². The molecule has 0 atom stereocenters. The molecule has 0 aliphatic rings. The molecule has 0 bridgehead atoms. The molecule has 0 radical (unpaired) electrons. The van der Waals surface area contributed by atoms with Crippen molar-refractivity contribution in [1.82, 2.24) is 19.7 Å². The summed E-state index contributed by atoms with van der Waals surface area (Å²) in [6.07, 6.45) is 0.900. The minimum atomic E-state index is -4.47. The highest BCUT2D eigenvalue weighted by molar-refractivity contribution is 5.90. The zero-order chi connectivity index (χ0) is 22.0. The first-order chi connectivity index (χ1) is 14.8. The molecule has 0 aliphatic heterocycles. The van der Waals surface area contributed by atoms with Crippen molar-refractivity contribution < 1.29 is 18.0 Å². The van der Waals surface area contributed by atoms with Crippen LogP contribution in [0.3, 0.4) is 0 Å². The van der Waals surface area contributed by atoms with Crippen molar-refractivity contribution in [3.05, 3.63) is 72.8 Å². The molecule has 6 nitrogen and oxygen atoms in total. The van der Waals surface area contributed by atoms with Crippen molar-refractivity contribution in [2.45, 2.75) is 13.1 Å². The van der Waals surface area contributed by atoms with Crippen molar-refractivity contribution in [1.29, 1.82) is 0 Å². The molecule has 0 aliphatic carbocycles. The molecule has 3 aromatic heterocycles. The molecule has 0 fully saturated rings. The van der Waals surface area contributed by atoms with Gasteiger partial charge in [-0.3, -0.25) is 9.38 Å². The summed E-state index contributed by atoms with van der Waals surface area (Å²) < 4.78 is 38.7. The number of carbonyl (C=O) groups is 1. The number of halogens is 3. The van der Waals surface area contributed by atoms with E-state index in [2.05, 4.69) is 15.3 Å². The second-order valence-corrected chi connectivity index (χ2v) is 6.98. The first-order valence-electron chi connectivity index (χ1n) is 9.41. The molecule has 31 heavy (non-hydrogen) atoms. The largest absolute Gasteiger partial charge is 0.405 e.